The lowest BCUT2D eigenvalue weighted by molar-refractivity contribution is -0.119. The first-order valence-electron chi connectivity index (χ1n) is 4.76. The Morgan fingerprint density at radius 1 is 1.60 bits per heavy atom. The number of amides is 1. The zero-order chi connectivity index (χ0) is 10.7. The van der Waals surface area contributed by atoms with Gasteiger partial charge >= 0.3 is 0 Å². The smallest absolute Gasteiger partial charge is 0.229 e. The zero-order valence-corrected chi connectivity index (χ0v) is 10.5. The number of carbonyl (C=O) groups excluding carboxylic acids is 1. The Hall–Kier alpha value is -0.550. The first kappa shape index (κ1) is 11.0. The Labute approximate surface area is 101 Å². The van der Waals surface area contributed by atoms with Gasteiger partial charge in [-0.15, -0.1) is 0 Å². The van der Waals surface area contributed by atoms with E-state index in [2.05, 4.69) is 26.2 Å². The maximum Gasteiger partial charge on any atom is 0.229 e. The lowest BCUT2D eigenvalue weighted by Crippen LogP contribution is -2.22. The second-order valence-corrected chi connectivity index (χ2v) is 5.48. The van der Waals surface area contributed by atoms with Crippen molar-refractivity contribution in [3.63, 3.8) is 0 Å². The molecule has 2 heterocycles. The number of carbonyl (C=O) groups is 1. The van der Waals surface area contributed by atoms with E-state index in [1.807, 2.05) is 17.8 Å². The molecule has 1 N–H and O–H groups in total. The quantitative estimate of drug-likeness (QED) is 0.909. The minimum atomic E-state index is 0.0924. The molecule has 0 bridgehead atoms. The van der Waals surface area contributed by atoms with Crippen LogP contribution in [-0.2, 0) is 4.79 Å². The monoisotopic (exact) mass is 286 g/mol. The van der Waals surface area contributed by atoms with Crippen LogP contribution in [0.5, 0.6) is 0 Å². The number of hydrogen-bond donors (Lipinski definition) is 1. The lowest BCUT2D eigenvalue weighted by Gasteiger charge is -2.08. The molecule has 2 rings (SSSR count). The highest BCUT2D eigenvalue weighted by Crippen LogP contribution is 2.24. The number of nitrogens with one attached hydrogen (secondary N) is 1. The van der Waals surface area contributed by atoms with Crippen molar-refractivity contribution in [3.05, 3.63) is 22.8 Å². The van der Waals surface area contributed by atoms with E-state index in [1.165, 1.54) is 0 Å². The van der Waals surface area contributed by atoms with E-state index in [4.69, 9.17) is 0 Å². The van der Waals surface area contributed by atoms with Crippen LogP contribution < -0.4 is 5.32 Å². The highest BCUT2D eigenvalue weighted by Gasteiger charge is 2.23. The molecule has 3 nitrogen and oxygen atoms in total. The molecule has 1 aliphatic heterocycles. The fourth-order valence-electron chi connectivity index (χ4n) is 1.42. The van der Waals surface area contributed by atoms with Gasteiger partial charge in [0.05, 0.1) is 0 Å². The minimum absolute atomic E-state index is 0.0924. The predicted octanol–water partition coefficient (Wildman–Crippen LogP) is 2.54. The van der Waals surface area contributed by atoms with Crippen LogP contribution in [0, 0.1) is 5.92 Å². The van der Waals surface area contributed by atoms with Crippen LogP contribution in [0.15, 0.2) is 22.8 Å². The van der Waals surface area contributed by atoms with Crippen LogP contribution in [-0.4, -0.2) is 22.4 Å². The van der Waals surface area contributed by atoms with Crippen molar-refractivity contribution in [1.82, 2.24) is 4.98 Å². The molecular formula is C10H11BrN2OS. The van der Waals surface area contributed by atoms with Gasteiger partial charge in [-0.25, -0.2) is 4.98 Å². The number of nitrogens with zero attached hydrogens (tertiary/aromatic N) is 1. The summed E-state index contributed by atoms with van der Waals surface area (Å²) < 4.78 is 0.914. The second-order valence-electron chi connectivity index (χ2n) is 3.41. The first-order chi connectivity index (χ1) is 7.25. The largest absolute Gasteiger partial charge is 0.310 e. The lowest BCUT2D eigenvalue weighted by atomic mass is 10.1. The fourth-order valence-corrected chi connectivity index (χ4v) is 2.87. The molecule has 1 aromatic rings. The number of halogens is 1. The molecule has 1 aromatic heterocycles. The molecule has 0 aromatic carbocycles. The fraction of sp³-hybridized carbons (Fsp3) is 0.400. The first-order valence-corrected chi connectivity index (χ1v) is 6.70. The summed E-state index contributed by atoms with van der Waals surface area (Å²) in [6.45, 7) is 0. The maximum absolute atomic E-state index is 11.7. The molecular weight excluding hydrogens is 276 g/mol. The van der Waals surface area contributed by atoms with E-state index in [0.29, 0.717) is 5.82 Å². The number of rotatable bonds is 2. The molecule has 0 radical (unpaired) electrons. The van der Waals surface area contributed by atoms with Crippen molar-refractivity contribution in [1.29, 1.82) is 0 Å². The number of aromatic nitrogens is 1. The molecule has 0 saturated carbocycles. The topological polar surface area (TPSA) is 42.0 Å². The van der Waals surface area contributed by atoms with E-state index in [-0.39, 0.29) is 11.8 Å². The van der Waals surface area contributed by atoms with Crippen molar-refractivity contribution in [3.8, 4) is 0 Å². The van der Waals surface area contributed by atoms with E-state index in [9.17, 15) is 4.79 Å². The van der Waals surface area contributed by atoms with Gasteiger partial charge in [0, 0.05) is 22.3 Å². The summed E-state index contributed by atoms with van der Waals surface area (Å²) in [7, 11) is 0. The third-order valence-electron chi connectivity index (χ3n) is 2.28. The average Bonchev–Trinajstić information content (AvgIpc) is 2.74. The highest BCUT2D eigenvalue weighted by molar-refractivity contribution is 9.10. The summed E-state index contributed by atoms with van der Waals surface area (Å²) in [4.78, 5) is 15.8. The van der Waals surface area contributed by atoms with E-state index >= 15 is 0 Å². The molecule has 1 amide bonds. The number of hydrogen-bond acceptors (Lipinski definition) is 3. The normalized spacial score (nSPS) is 20.2. The Morgan fingerprint density at radius 3 is 3.07 bits per heavy atom. The Morgan fingerprint density at radius 2 is 2.47 bits per heavy atom. The molecule has 0 spiro atoms. The molecule has 1 aliphatic rings. The van der Waals surface area contributed by atoms with Crippen molar-refractivity contribution >= 4 is 39.4 Å². The van der Waals surface area contributed by atoms with Crippen molar-refractivity contribution < 1.29 is 4.79 Å². The molecule has 1 unspecified atom stereocenters. The summed E-state index contributed by atoms with van der Waals surface area (Å²) >= 11 is 5.13. The van der Waals surface area contributed by atoms with E-state index in [1.54, 1.807) is 12.3 Å². The van der Waals surface area contributed by atoms with Gasteiger partial charge < -0.3 is 5.32 Å². The van der Waals surface area contributed by atoms with Gasteiger partial charge in [-0.05, 0) is 40.2 Å². The second kappa shape index (κ2) is 4.99. The van der Waals surface area contributed by atoms with Crippen LogP contribution in [0.4, 0.5) is 5.82 Å². The third-order valence-corrected chi connectivity index (χ3v) is 3.91. The van der Waals surface area contributed by atoms with Gasteiger partial charge in [0.1, 0.15) is 5.82 Å². The SMILES string of the molecule is O=C(Nc1ccc(Br)cn1)C1CCSC1. The third kappa shape index (κ3) is 2.95. The van der Waals surface area contributed by atoms with Gasteiger partial charge in [-0.1, -0.05) is 0 Å². The van der Waals surface area contributed by atoms with Gasteiger partial charge in [-0.3, -0.25) is 4.79 Å². The van der Waals surface area contributed by atoms with Gasteiger partial charge in [0.15, 0.2) is 0 Å². The number of pyridine rings is 1. The summed E-state index contributed by atoms with van der Waals surface area (Å²) in [6, 6.07) is 3.66. The summed E-state index contributed by atoms with van der Waals surface area (Å²) in [5, 5.41) is 2.83. The zero-order valence-electron chi connectivity index (χ0n) is 8.07. The van der Waals surface area contributed by atoms with Crippen molar-refractivity contribution in [2.75, 3.05) is 16.8 Å². The predicted molar refractivity (Wildman–Crippen MR) is 66.0 cm³/mol. The molecule has 0 aliphatic carbocycles. The standard InChI is InChI=1S/C10H11BrN2OS/c11-8-1-2-9(12-5-8)13-10(14)7-3-4-15-6-7/h1-2,5,7H,3-4,6H2,(H,12,13,14). The average molecular weight is 287 g/mol. The van der Waals surface area contributed by atoms with E-state index < -0.39 is 0 Å². The molecule has 1 saturated heterocycles. The van der Waals surface area contributed by atoms with Crippen molar-refractivity contribution in [2.24, 2.45) is 5.92 Å². The maximum atomic E-state index is 11.7. The van der Waals surface area contributed by atoms with Crippen LogP contribution in [0.2, 0.25) is 0 Å². The van der Waals surface area contributed by atoms with Gasteiger partial charge in [-0.2, -0.15) is 11.8 Å². The molecule has 80 valence electrons. The molecule has 1 fully saturated rings. The summed E-state index contributed by atoms with van der Waals surface area (Å²) in [5.74, 6) is 2.89. The van der Waals surface area contributed by atoms with E-state index in [0.717, 1.165) is 22.4 Å². The Kier molecular flexibility index (Phi) is 3.64. The summed E-state index contributed by atoms with van der Waals surface area (Å²) in [5.41, 5.74) is 0. The van der Waals surface area contributed by atoms with Crippen LogP contribution >= 0.6 is 27.7 Å². The molecule has 1 atom stereocenters. The molecule has 15 heavy (non-hydrogen) atoms. The van der Waals surface area contributed by atoms with Gasteiger partial charge in [0.25, 0.3) is 0 Å². The number of anilines is 1. The van der Waals surface area contributed by atoms with Crippen molar-refractivity contribution in [2.45, 2.75) is 6.42 Å². The van der Waals surface area contributed by atoms with Crippen LogP contribution in [0.3, 0.4) is 0 Å². The summed E-state index contributed by atoms with van der Waals surface area (Å²) in [6.07, 6.45) is 2.66. The number of thioether (sulfide) groups is 1. The van der Waals surface area contributed by atoms with Crippen LogP contribution in [0.25, 0.3) is 0 Å². The Bertz CT molecular complexity index is 349. The molecule has 5 heteroatoms. The minimum Gasteiger partial charge on any atom is -0.310 e. The van der Waals surface area contributed by atoms with Crippen LogP contribution in [0.1, 0.15) is 6.42 Å². The van der Waals surface area contributed by atoms with Gasteiger partial charge in [0.2, 0.25) is 5.91 Å². The highest BCUT2D eigenvalue weighted by atomic mass is 79.9. The Balaban J connectivity index is 1.96.